The normalized spacial score (nSPS) is 12.1. The van der Waals surface area contributed by atoms with Crippen molar-refractivity contribution in [1.29, 1.82) is 0 Å². The van der Waals surface area contributed by atoms with Crippen LogP contribution in [0.25, 0.3) is 0 Å². The number of hydrogen-bond acceptors (Lipinski definition) is 4. The fourth-order valence-corrected chi connectivity index (χ4v) is 1.95. The van der Waals surface area contributed by atoms with Gasteiger partial charge in [0.1, 0.15) is 0 Å². The molecule has 1 aromatic carbocycles. The topological polar surface area (TPSA) is 82.2 Å². The summed E-state index contributed by atoms with van der Waals surface area (Å²) in [6.07, 6.45) is 5.88. The molecule has 0 aliphatic heterocycles. The summed E-state index contributed by atoms with van der Waals surface area (Å²) in [5, 5.41) is 2.83. The molecule has 1 unspecified atom stereocenters. The maximum absolute atomic E-state index is 11.9. The number of carbonyl (C=O) groups excluding carboxylic acids is 1. The molecule has 0 spiro atoms. The molecule has 21 heavy (non-hydrogen) atoms. The predicted molar refractivity (Wildman–Crippen MR) is 80.9 cm³/mol. The van der Waals surface area contributed by atoms with Gasteiger partial charge in [-0.15, -0.1) is 0 Å². The van der Waals surface area contributed by atoms with E-state index in [0.717, 1.165) is 11.3 Å². The number of methoxy groups -OCH3 is 1. The zero-order valence-electron chi connectivity index (χ0n) is 12.0. The third-order valence-electron chi connectivity index (χ3n) is 3.09. The Morgan fingerprint density at radius 2 is 2.38 bits per heavy atom. The summed E-state index contributed by atoms with van der Waals surface area (Å²) in [5.74, 6) is -0.202. The first-order valence-electron chi connectivity index (χ1n) is 6.79. The molecule has 1 heterocycles. The molecule has 0 bridgehead atoms. The Morgan fingerprint density at radius 3 is 3.10 bits per heavy atom. The van der Waals surface area contributed by atoms with Crippen molar-refractivity contribution in [3.8, 4) is 0 Å². The van der Waals surface area contributed by atoms with E-state index < -0.39 is 6.04 Å². The number of carbonyl (C=O) groups is 1. The summed E-state index contributed by atoms with van der Waals surface area (Å²) in [4.78, 5) is 15.9. The zero-order valence-corrected chi connectivity index (χ0v) is 12.0. The second-order valence-electron chi connectivity index (χ2n) is 4.81. The lowest BCUT2D eigenvalue weighted by molar-refractivity contribution is -0.117. The second kappa shape index (κ2) is 7.56. The van der Waals surface area contributed by atoms with Crippen molar-refractivity contribution >= 4 is 11.6 Å². The van der Waals surface area contributed by atoms with Gasteiger partial charge in [0, 0.05) is 38.3 Å². The van der Waals surface area contributed by atoms with Crippen molar-refractivity contribution in [2.24, 2.45) is 5.73 Å². The van der Waals surface area contributed by atoms with Crippen molar-refractivity contribution in [3.05, 3.63) is 48.5 Å². The summed E-state index contributed by atoms with van der Waals surface area (Å²) in [5.41, 5.74) is 7.62. The van der Waals surface area contributed by atoms with Crippen molar-refractivity contribution < 1.29 is 9.53 Å². The highest BCUT2D eigenvalue weighted by atomic mass is 16.5. The molecule has 0 aliphatic carbocycles. The molecule has 0 saturated carbocycles. The van der Waals surface area contributed by atoms with Crippen LogP contribution >= 0.6 is 0 Å². The van der Waals surface area contributed by atoms with Crippen molar-refractivity contribution in [2.75, 3.05) is 19.0 Å². The number of nitrogens with zero attached hydrogens (tertiary/aromatic N) is 2. The summed E-state index contributed by atoms with van der Waals surface area (Å²) < 4.78 is 6.89. The Labute approximate surface area is 123 Å². The fourth-order valence-electron chi connectivity index (χ4n) is 1.95. The van der Waals surface area contributed by atoms with Crippen LogP contribution in [0.2, 0.25) is 0 Å². The van der Waals surface area contributed by atoms with Gasteiger partial charge in [0.05, 0.1) is 12.4 Å². The Hall–Kier alpha value is -2.18. The summed E-state index contributed by atoms with van der Waals surface area (Å²) >= 11 is 0. The van der Waals surface area contributed by atoms with Crippen LogP contribution < -0.4 is 11.1 Å². The molecule has 2 aromatic rings. The molecule has 1 amide bonds. The van der Waals surface area contributed by atoms with Crippen LogP contribution in [0.4, 0.5) is 5.69 Å². The fraction of sp³-hybridized carbons (Fsp3) is 0.333. The SMILES string of the molecule is COCCC(N)C(=O)Nc1cccc(Cn2ccnc2)c1. The molecule has 1 aromatic heterocycles. The number of imidazole rings is 1. The molecule has 2 rings (SSSR count). The molecule has 1 atom stereocenters. The van der Waals surface area contributed by atoms with Crippen molar-refractivity contribution in [1.82, 2.24) is 9.55 Å². The van der Waals surface area contributed by atoms with Crippen LogP contribution in [0.1, 0.15) is 12.0 Å². The maximum atomic E-state index is 11.9. The average Bonchev–Trinajstić information content (AvgIpc) is 2.98. The summed E-state index contributed by atoms with van der Waals surface area (Å²) in [6, 6.07) is 7.12. The minimum atomic E-state index is -0.567. The lowest BCUT2D eigenvalue weighted by Gasteiger charge is -2.12. The Kier molecular flexibility index (Phi) is 5.48. The number of amides is 1. The van der Waals surface area contributed by atoms with Crippen LogP contribution in [0.15, 0.2) is 43.0 Å². The molecular weight excluding hydrogens is 268 g/mol. The average molecular weight is 288 g/mol. The summed E-state index contributed by atoms with van der Waals surface area (Å²) in [7, 11) is 1.59. The predicted octanol–water partition coefficient (Wildman–Crippen LogP) is 1.23. The van der Waals surface area contributed by atoms with E-state index in [9.17, 15) is 4.79 Å². The van der Waals surface area contributed by atoms with E-state index in [2.05, 4.69) is 10.3 Å². The third kappa shape index (κ3) is 4.70. The number of nitrogens with two attached hydrogens (primary N) is 1. The van der Waals surface area contributed by atoms with E-state index in [1.54, 1.807) is 19.6 Å². The van der Waals surface area contributed by atoms with Gasteiger partial charge in [-0.1, -0.05) is 12.1 Å². The molecule has 112 valence electrons. The van der Waals surface area contributed by atoms with Crippen LogP contribution in [-0.4, -0.2) is 35.2 Å². The molecule has 0 radical (unpaired) electrons. The Bertz CT molecular complexity index is 569. The second-order valence-corrected chi connectivity index (χ2v) is 4.81. The third-order valence-corrected chi connectivity index (χ3v) is 3.09. The number of aromatic nitrogens is 2. The number of benzene rings is 1. The number of ether oxygens (including phenoxy) is 1. The molecule has 3 N–H and O–H groups in total. The first-order valence-corrected chi connectivity index (χ1v) is 6.79. The zero-order chi connectivity index (χ0) is 15.1. The van der Waals surface area contributed by atoms with E-state index in [1.165, 1.54) is 0 Å². The highest BCUT2D eigenvalue weighted by Gasteiger charge is 2.13. The quantitative estimate of drug-likeness (QED) is 0.803. The van der Waals surface area contributed by atoms with Crippen LogP contribution in [0, 0.1) is 0 Å². The van der Waals surface area contributed by atoms with Gasteiger partial charge in [0.15, 0.2) is 0 Å². The van der Waals surface area contributed by atoms with Gasteiger partial charge in [0.2, 0.25) is 5.91 Å². The largest absolute Gasteiger partial charge is 0.385 e. The van der Waals surface area contributed by atoms with Crippen LogP contribution in [-0.2, 0) is 16.1 Å². The minimum absolute atomic E-state index is 0.202. The van der Waals surface area contributed by atoms with E-state index in [0.29, 0.717) is 19.6 Å². The minimum Gasteiger partial charge on any atom is -0.385 e. The van der Waals surface area contributed by atoms with E-state index in [1.807, 2.05) is 35.0 Å². The maximum Gasteiger partial charge on any atom is 0.241 e. The van der Waals surface area contributed by atoms with Gasteiger partial charge >= 0.3 is 0 Å². The lowest BCUT2D eigenvalue weighted by Crippen LogP contribution is -2.36. The molecule has 6 heteroatoms. The van der Waals surface area contributed by atoms with Gasteiger partial charge in [0.25, 0.3) is 0 Å². The number of anilines is 1. The van der Waals surface area contributed by atoms with Gasteiger partial charge in [-0.2, -0.15) is 0 Å². The number of nitrogens with one attached hydrogen (secondary N) is 1. The lowest BCUT2D eigenvalue weighted by atomic mass is 10.1. The van der Waals surface area contributed by atoms with Crippen molar-refractivity contribution in [2.45, 2.75) is 19.0 Å². The number of hydrogen-bond donors (Lipinski definition) is 2. The monoisotopic (exact) mass is 288 g/mol. The molecule has 0 aliphatic rings. The highest BCUT2D eigenvalue weighted by molar-refractivity contribution is 5.94. The highest BCUT2D eigenvalue weighted by Crippen LogP contribution is 2.12. The molecule has 6 nitrogen and oxygen atoms in total. The summed E-state index contributed by atoms with van der Waals surface area (Å²) in [6.45, 7) is 1.18. The van der Waals surface area contributed by atoms with Crippen LogP contribution in [0.3, 0.4) is 0 Å². The van der Waals surface area contributed by atoms with Crippen LogP contribution in [0.5, 0.6) is 0 Å². The van der Waals surface area contributed by atoms with E-state index >= 15 is 0 Å². The Morgan fingerprint density at radius 1 is 1.52 bits per heavy atom. The van der Waals surface area contributed by atoms with Gasteiger partial charge in [-0.05, 0) is 24.1 Å². The number of rotatable bonds is 7. The first kappa shape index (κ1) is 15.2. The van der Waals surface area contributed by atoms with E-state index in [4.69, 9.17) is 10.5 Å². The first-order chi connectivity index (χ1) is 10.2. The van der Waals surface area contributed by atoms with E-state index in [-0.39, 0.29) is 5.91 Å². The van der Waals surface area contributed by atoms with Gasteiger partial charge < -0.3 is 20.4 Å². The molecule has 0 fully saturated rings. The standard InChI is InChI=1S/C15H20N4O2/c1-21-8-5-14(16)15(20)18-13-4-2-3-12(9-13)10-19-7-6-17-11-19/h2-4,6-7,9,11,14H,5,8,10,16H2,1H3,(H,18,20). The van der Waals surface area contributed by atoms with Crippen molar-refractivity contribution in [3.63, 3.8) is 0 Å². The van der Waals surface area contributed by atoms with Gasteiger partial charge in [-0.3, -0.25) is 4.79 Å². The Balaban J connectivity index is 1.96. The molecule has 0 saturated heterocycles. The molecular formula is C15H20N4O2. The smallest absolute Gasteiger partial charge is 0.241 e. The van der Waals surface area contributed by atoms with Gasteiger partial charge in [-0.25, -0.2) is 4.98 Å².